The maximum absolute atomic E-state index is 11.5. The van der Waals surface area contributed by atoms with E-state index in [1.54, 1.807) is 6.92 Å². The molecule has 4 heteroatoms. The molecule has 1 heterocycles. The molecule has 0 spiro atoms. The maximum atomic E-state index is 11.5. The lowest BCUT2D eigenvalue weighted by atomic mass is 9.96. The largest absolute Gasteiger partial charge is 0.479 e. The highest BCUT2D eigenvalue weighted by atomic mass is 16.5. The van der Waals surface area contributed by atoms with Gasteiger partial charge in [0.25, 0.3) is 5.91 Å². The summed E-state index contributed by atoms with van der Waals surface area (Å²) < 4.78 is 5.49. The van der Waals surface area contributed by atoms with Gasteiger partial charge in [-0.25, -0.2) is 0 Å². The third-order valence-electron chi connectivity index (χ3n) is 3.04. The third-order valence-corrected chi connectivity index (χ3v) is 3.04. The maximum Gasteiger partial charge on any atom is 0.265 e. The van der Waals surface area contributed by atoms with Crippen molar-refractivity contribution in [3.05, 3.63) is 23.8 Å². The summed E-state index contributed by atoms with van der Waals surface area (Å²) in [7, 11) is 0. The standard InChI is InChI=1S/C13H18N2O2/c1-7(2)12(14)9-4-5-11-10(6-9)15-13(16)8(3)17-11/h4-8,12H,14H2,1-3H3,(H,15,16). The van der Waals surface area contributed by atoms with Gasteiger partial charge in [0.2, 0.25) is 0 Å². The Bertz CT molecular complexity index is 443. The molecule has 2 unspecified atom stereocenters. The average Bonchev–Trinajstić information content (AvgIpc) is 2.29. The normalized spacial score (nSPS) is 20.5. The number of anilines is 1. The van der Waals surface area contributed by atoms with Gasteiger partial charge < -0.3 is 15.8 Å². The molecule has 2 rings (SSSR count). The molecular weight excluding hydrogens is 216 g/mol. The van der Waals surface area contributed by atoms with E-state index in [9.17, 15) is 4.79 Å². The van der Waals surface area contributed by atoms with Crippen LogP contribution in [0.3, 0.4) is 0 Å². The molecule has 17 heavy (non-hydrogen) atoms. The van der Waals surface area contributed by atoms with Crippen molar-refractivity contribution in [1.82, 2.24) is 0 Å². The molecule has 0 saturated heterocycles. The molecule has 1 amide bonds. The Labute approximate surface area is 101 Å². The Morgan fingerprint density at radius 1 is 1.41 bits per heavy atom. The Kier molecular flexibility index (Phi) is 3.07. The number of benzene rings is 1. The van der Waals surface area contributed by atoms with Gasteiger partial charge in [-0.15, -0.1) is 0 Å². The SMILES string of the molecule is CC1Oc2ccc(C(N)C(C)C)cc2NC1=O. The van der Waals surface area contributed by atoms with Crippen LogP contribution >= 0.6 is 0 Å². The smallest absolute Gasteiger partial charge is 0.265 e. The number of fused-ring (bicyclic) bond motifs is 1. The lowest BCUT2D eigenvalue weighted by molar-refractivity contribution is -0.122. The average molecular weight is 234 g/mol. The van der Waals surface area contributed by atoms with E-state index in [-0.39, 0.29) is 11.9 Å². The Balaban J connectivity index is 2.32. The monoisotopic (exact) mass is 234 g/mol. The van der Waals surface area contributed by atoms with Crippen molar-refractivity contribution in [2.45, 2.75) is 32.9 Å². The minimum absolute atomic E-state index is 0.0310. The van der Waals surface area contributed by atoms with E-state index >= 15 is 0 Å². The molecule has 4 nitrogen and oxygen atoms in total. The highest BCUT2D eigenvalue weighted by Crippen LogP contribution is 2.33. The van der Waals surface area contributed by atoms with Gasteiger partial charge in [-0.05, 0) is 30.5 Å². The van der Waals surface area contributed by atoms with Crippen molar-refractivity contribution >= 4 is 11.6 Å². The number of hydrogen-bond acceptors (Lipinski definition) is 3. The van der Waals surface area contributed by atoms with Crippen molar-refractivity contribution in [3.63, 3.8) is 0 Å². The summed E-state index contributed by atoms with van der Waals surface area (Å²) in [4.78, 5) is 11.5. The number of amides is 1. The molecule has 0 radical (unpaired) electrons. The van der Waals surface area contributed by atoms with Crippen LogP contribution in [0.4, 0.5) is 5.69 Å². The summed E-state index contributed by atoms with van der Waals surface area (Å²) >= 11 is 0. The molecule has 0 aromatic heterocycles. The van der Waals surface area contributed by atoms with Gasteiger partial charge in [0.15, 0.2) is 6.10 Å². The quantitative estimate of drug-likeness (QED) is 0.823. The predicted octanol–water partition coefficient (Wildman–Crippen LogP) is 2.06. The van der Waals surface area contributed by atoms with Crippen molar-refractivity contribution in [2.24, 2.45) is 11.7 Å². The second kappa shape index (κ2) is 4.37. The van der Waals surface area contributed by atoms with Gasteiger partial charge in [-0.1, -0.05) is 19.9 Å². The Hall–Kier alpha value is -1.55. The van der Waals surface area contributed by atoms with Crippen molar-refractivity contribution in [1.29, 1.82) is 0 Å². The fourth-order valence-corrected chi connectivity index (χ4v) is 1.82. The van der Waals surface area contributed by atoms with E-state index in [1.807, 2.05) is 18.2 Å². The summed E-state index contributed by atoms with van der Waals surface area (Å²) in [6.07, 6.45) is -0.438. The molecule has 0 bridgehead atoms. The van der Waals surface area contributed by atoms with Crippen LogP contribution in [0.25, 0.3) is 0 Å². The summed E-state index contributed by atoms with van der Waals surface area (Å²) in [6.45, 7) is 5.87. The van der Waals surface area contributed by atoms with Crippen LogP contribution in [0.2, 0.25) is 0 Å². The van der Waals surface area contributed by atoms with Crippen LogP contribution < -0.4 is 15.8 Å². The van der Waals surface area contributed by atoms with Crippen LogP contribution in [-0.4, -0.2) is 12.0 Å². The van der Waals surface area contributed by atoms with Crippen molar-refractivity contribution in [3.8, 4) is 5.75 Å². The van der Waals surface area contributed by atoms with E-state index in [0.29, 0.717) is 17.4 Å². The first-order chi connectivity index (χ1) is 7.99. The lowest BCUT2D eigenvalue weighted by Gasteiger charge is -2.25. The first-order valence-corrected chi connectivity index (χ1v) is 5.86. The lowest BCUT2D eigenvalue weighted by Crippen LogP contribution is -2.34. The van der Waals surface area contributed by atoms with E-state index in [4.69, 9.17) is 10.5 Å². The van der Waals surface area contributed by atoms with E-state index in [2.05, 4.69) is 19.2 Å². The minimum atomic E-state index is -0.438. The highest BCUT2D eigenvalue weighted by Gasteiger charge is 2.24. The molecular formula is C13H18N2O2. The molecule has 1 aliphatic heterocycles. The second-order valence-electron chi connectivity index (χ2n) is 4.77. The fourth-order valence-electron chi connectivity index (χ4n) is 1.82. The minimum Gasteiger partial charge on any atom is -0.479 e. The number of carbonyl (C=O) groups is 1. The summed E-state index contributed by atoms with van der Waals surface area (Å²) in [5.41, 5.74) is 7.80. The zero-order chi connectivity index (χ0) is 12.6. The van der Waals surface area contributed by atoms with Crippen LogP contribution in [0.5, 0.6) is 5.75 Å². The number of nitrogens with one attached hydrogen (secondary N) is 1. The highest BCUT2D eigenvalue weighted by molar-refractivity contribution is 5.97. The molecule has 1 aromatic rings. The first-order valence-electron chi connectivity index (χ1n) is 5.86. The van der Waals surface area contributed by atoms with Crippen molar-refractivity contribution < 1.29 is 9.53 Å². The number of rotatable bonds is 2. The third kappa shape index (κ3) is 2.26. The molecule has 2 atom stereocenters. The van der Waals surface area contributed by atoms with E-state index < -0.39 is 6.10 Å². The molecule has 0 aliphatic carbocycles. The molecule has 92 valence electrons. The van der Waals surface area contributed by atoms with Gasteiger partial charge >= 0.3 is 0 Å². The number of nitrogens with two attached hydrogens (primary N) is 1. The summed E-state index contributed by atoms with van der Waals surface area (Å²) in [5, 5.41) is 2.82. The first kappa shape index (κ1) is 11.9. The van der Waals surface area contributed by atoms with Crippen LogP contribution in [0.1, 0.15) is 32.4 Å². The molecule has 0 fully saturated rings. The molecule has 1 aliphatic rings. The van der Waals surface area contributed by atoms with Gasteiger partial charge in [0.05, 0.1) is 5.69 Å². The van der Waals surface area contributed by atoms with E-state index in [1.165, 1.54) is 0 Å². The summed E-state index contributed by atoms with van der Waals surface area (Å²) in [6, 6.07) is 5.68. The van der Waals surface area contributed by atoms with Gasteiger partial charge in [-0.3, -0.25) is 4.79 Å². The van der Waals surface area contributed by atoms with Gasteiger partial charge in [0, 0.05) is 6.04 Å². The van der Waals surface area contributed by atoms with Crippen LogP contribution in [0, 0.1) is 5.92 Å². The Morgan fingerprint density at radius 3 is 2.76 bits per heavy atom. The number of ether oxygens (including phenoxy) is 1. The van der Waals surface area contributed by atoms with Gasteiger partial charge in [0.1, 0.15) is 5.75 Å². The Morgan fingerprint density at radius 2 is 2.12 bits per heavy atom. The van der Waals surface area contributed by atoms with Gasteiger partial charge in [-0.2, -0.15) is 0 Å². The fraction of sp³-hybridized carbons (Fsp3) is 0.462. The van der Waals surface area contributed by atoms with Crippen molar-refractivity contribution in [2.75, 3.05) is 5.32 Å². The van der Waals surface area contributed by atoms with E-state index in [0.717, 1.165) is 5.56 Å². The molecule has 3 N–H and O–H groups in total. The molecule has 1 aromatic carbocycles. The zero-order valence-electron chi connectivity index (χ0n) is 10.4. The second-order valence-corrected chi connectivity index (χ2v) is 4.77. The number of carbonyl (C=O) groups excluding carboxylic acids is 1. The topological polar surface area (TPSA) is 64.3 Å². The van der Waals surface area contributed by atoms with Crippen LogP contribution in [0.15, 0.2) is 18.2 Å². The predicted molar refractivity (Wildman–Crippen MR) is 66.9 cm³/mol. The zero-order valence-corrected chi connectivity index (χ0v) is 10.4. The number of hydrogen-bond donors (Lipinski definition) is 2. The molecule has 0 saturated carbocycles. The van der Waals surface area contributed by atoms with Crippen LogP contribution in [-0.2, 0) is 4.79 Å². The summed E-state index contributed by atoms with van der Waals surface area (Å²) in [5.74, 6) is 0.941.